The van der Waals surface area contributed by atoms with Crippen LogP contribution >= 0.6 is 0 Å². The standard InChI is InChI=1S/C19H26N4O3/c1-13-8-6-7-11-16(13)21-18(25)19(26)23-22-14(2)12-17(24)20-15-9-4-3-5-10-15/h6-8,11,15H,3-5,9-10,12H2,1-2H3,(H,20,24)(H,21,25)(H,23,26). The van der Waals surface area contributed by atoms with Crippen molar-refractivity contribution in [3.63, 3.8) is 0 Å². The van der Waals surface area contributed by atoms with Gasteiger partial charge in [-0.25, -0.2) is 5.43 Å². The Hall–Kier alpha value is -2.70. The third-order valence-corrected chi connectivity index (χ3v) is 4.33. The van der Waals surface area contributed by atoms with Crippen LogP contribution in [0.5, 0.6) is 0 Å². The first-order valence-corrected chi connectivity index (χ1v) is 8.95. The highest BCUT2D eigenvalue weighted by atomic mass is 16.2. The summed E-state index contributed by atoms with van der Waals surface area (Å²) in [6.07, 6.45) is 5.63. The molecule has 1 aliphatic carbocycles. The number of carbonyl (C=O) groups excluding carboxylic acids is 3. The van der Waals surface area contributed by atoms with Crippen molar-refractivity contribution in [3.8, 4) is 0 Å². The molecule has 3 N–H and O–H groups in total. The van der Waals surface area contributed by atoms with Gasteiger partial charge in [0.05, 0.1) is 6.42 Å². The fraction of sp³-hybridized carbons (Fsp3) is 0.474. The van der Waals surface area contributed by atoms with E-state index >= 15 is 0 Å². The van der Waals surface area contributed by atoms with Crippen LogP contribution in [0.4, 0.5) is 5.69 Å². The van der Waals surface area contributed by atoms with Gasteiger partial charge in [-0.2, -0.15) is 5.10 Å². The van der Waals surface area contributed by atoms with E-state index in [2.05, 4.69) is 21.2 Å². The molecule has 0 radical (unpaired) electrons. The third kappa shape index (κ3) is 6.31. The molecular formula is C19H26N4O3. The minimum atomic E-state index is -0.875. The molecule has 0 spiro atoms. The Balaban J connectivity index is 1.77. The van der Waals surface area contributed by atoms with Gasteiger partial charge in [0.15, 0.2) is 0 Å². The second-order valence-corrected chi connectivity index (χ2v) is 6.64. The number of amides is 3. The number of hydrogen-bond donors (Lipinski definition) is 3. The van der Waals surface area contributed by atoms with Crippen molar-refractivity contribution < 1.29 is 14.4 Å². The van der Waals surface area contributed by atoms with Crippen molar-refractivity contribution >= 4 is 29.1 Å². The highest BCUT2D eigenvalue weighted by Gasteiger charge is 2.17. The summed E-state index contributed by atoms with van der Waals surface area (Å²) in [7, 11) is 0. The average molecular weight is 358 g/mol. The zero-order valence-electron chi connectivity index (χ0n) is 15.3. The van der Waals surface area contributed by atoms with Crippen molar-refractivity contribution in [1.29, 1.82) is 0 Å². The van der Waals surface area contributed by atoms with Crippen LogP contribution in [-0.2, 0) is 14.4 Å². The van der Waals surface area contributed by atoms with Gasteiger partial charge in [-0.1, -0.05) is 37.5 Å². The fourth-order valence-electron chi connectivity index (χ4n) is 2.89. The predicted octanol–water partition coefficient (Wildman–Crippen LogP) is 2.26. The molecular weight excluding hydrogens is 332 g/mol. The van der Waals surface area contributed by atoms with E-state index in [1.54, 1.807) is 19.1 Å². The van der Waals surface area contributed by atoms with Gasteiger partial charge in [-0.05, 0) is 38.3 Å². The third-order valence-electron chi connectivity index (χ3n) is 4.33. The molecule has 0 aliphatic heterocycles. The number of anilines is 1. The monoisotopic (exact) mass is 358 g/mol. The molecule has 0 aromatic heterocycles. The van der Waals surface area contributed by atoms with Crippen LogP contribution in [0.1, 0.15) is 51.0 Å². The molecule has 0 heterocycles. The number of hydrogen-bond acceptors (Lipinski definition) is 4. The molecule has 1 aromatic rings. The van der Waals surface area contributed by atoms with Gasteiger partial charge in [0.2, 0.25) is 5.91 Å². The molecule has 0 unspecified atom stereocenters. The number of benzene rings is 1. The van der Waals surface area contributed by atoms with Crippen LogP contribution < -0.4 is 16.1 Å². The Labute approximate surface area is 153 Å². The summed E-state index contributed by atoms with van der Waals surface area (Å²) < 4.78 is 0. The van der Waals surface area contributed by atoms with E-state index in [-0.39, 0.29) is 18.4 Å². The van der Waals surface area contributed by atoms with Crippen LogP contribution in [0.2, 0.25) is 0 Å². The Kier molecular flexibility index (Phi) is 7.32. The number of aryl methyl sites for hydroxylation is 1. The lowest BCUT2D eigenvalue weighted by atomic mass is 9.95. The molecule has 140 valence electrons. The van der Waals surface area contributed by atoms with Crippen LogP contribution in [0.25, 0.3) is 0 Å². The van der Waals surface area contributed by atoms with Crippen molar-refractivity contribution in [1.82, 2.24) is 10.7 Å². The summed E-state index contributed by atoms with van der Waals surface area (Å²) in [4.78, 5) is 35.7. The number of carbonyl (C=O) groups is 3. The van der Waals surface area contributed by atoms with E-state index in [0.29, 0.717) is 11.4 Å². The molecule has 1 saturated carbocycles. The topological polar surface area (TPSA) is 99.7 Å². The van der Waals surface area contributed by atoms with Gasteiger partial charge < -0.3 is 10.6 Å². The minimum absolute atomic E-state index is 0.0934. The quantitative estimate of drug-likeness (QED) is 0.428. The van der Waals surface area contributed by atoms with Gasteiger partial charge in [0.1, 0.15) is 0 Å². The number of nitrogens with one attached hydrogen (secondary N) is 3. The molecule has 0 saturated heterocycles. The van der Waals surface area contributed by atoms with Gasteiger partial charge in [-0.3, -0.25) is 14.4 Å². The maximum atomic E-state index is 12.0. The normalized spacial score (nSPS) is 15.2. The minimum Gasteiger partial charge on any atom is -0.353 e. The lowest BCUT2D eigenvalue weighted by Crippen LogP contribution is -2.37. The first kappa shape index (κ1) is 19.6. The summed E-state index contributed by atoms with van der Waals surface area (Å²) >= 11 is 0. The zero-order valence-corrected chi connectivity index (χ0v) is 15.3. The van der Waals surface area contributed by atoms with E-state index in [9.17, 15) is 14.4 Å². The molecule has 7 nitrogen and oxygen atoms in total. The van der Waals surface area contributed by atoms with Crippen LogP contribution in [0.15, 0.2) is 29.4 Å². The number of hydrazone groups is 1. The molecule has 2 rings (SSSR count). The summed E-state index contributed by atoms with van der Waals surface area (Å²) in [5, 5.41) is 9.35. The van der Waals surface area contributed by atoms with Gasteiger partial charge >= 0.3 is 11.8 Å². The van der Waals surface area contributed by atoms with E-state index in [4.69, 9.17) is 0 Å². The van der Waals surface area contributed by atoms with E-state index in [1.165, 1.54) is 6.42 Å². The molecule has 1 aromatic carbocycles. The Bertz CT molecular complexity index is 694. The summed E-state index contributed by atoms with van der Waals surface area (Å²) in [6, 6.07) is 7.40. The Morgan fingerprint density at radius 2 is 1.77 bits per heavy atom. The van der Waals surface area contributed by atoms with E-state index in [1.807, 2.05) is 19.1 Å². The molecule has 1 aliphatic rings. The van der Waals surface area contributed by atoms with Gasteiger partial charge in [0, 0.05) is 17.4 Å². The van der Waals surface area contributed by atoms with E-state index < -0.39 is 11.8 Å². The second kappa shape index (κ2) is 9.70. The number of para-hydroxylation sites is 1. The molecule has 3 amide bonds. The second-order valence-electron chi connectivity index (χ2n) is 6.64. The maximum Gasteiger partial charge on any atom is 0.329 e. The zero-order chi connectivity index (χ0) is 18.9. The largest absolute Gasteiger partial charge is 0.353 e. The molecule has 26 heavy (non-hydrogen) atoms. The highest BCUT2D eigenvalue weighted by Crippen LogP contribution is 2.17. The summed E-state index contributed by atoms with van der Waals surface area (Å²) in [5.74, 6) is -1.79. The molecule has 0 bridgehead atoms. The smallest absolute Gasteiger partial charge is 0.329 e. The van der Waals surface area contributed by atoms with Crippen LogP contribution in [0, 0.1) is 6.92 Å². The van der Waals surface area contributed by atoms with Crippen molar-refractivity contribution in [2.45, 2.75) is 58.4 Å². The first-order chi connectivity index (χ1) is 12.5. The SMILES string of the molecule is CC(CC(=O)NC1CCCCC1)=NNC(=O)C(=O)Nc1ccccc1C. The van der Waals surface area contributed by atoms with Gasteiger partial charge in [-0.15, -0.1) is 0 Å². The Morgan fingerprint density at radius 1 is 1.08 bits per heavy atom. The average Bonchev–Trinajstić information content (AvgIpc) is 2.62. The summed E-state index contributed by atoms with van der Waals surface area (Å²) in [5.41, 5.74) is 4.05. The summed E-state index contributed by atoms with van der Waals surface area (Å²) in [6.45, 7) is 3.47. The number of nitrogens with zero attached hydrogens (tertiary/aromatic N) is 1. The predicted molar refractivity (Wildman–Crippen MR) is 101 cm³/mol. The first-order valence-electron chi connectivity index (χ1n) is 8.95. The van der Waals surface area contributed by atoms with Crippen molar-refractivity contribution in [2.75, 3.05) is 5.32 Å². The number of rotatable bonds is 5. The van der Waals surface area contributed by atoms with E-state index in [0.717, 1.165) is 31.2 Å². The maximum absolute atomic E-state index is 12.0. The van der Waals surface area contributed by atoms with Crippen LogP contribution in [-0.4, -0.2) is 29.5 Å². The molecule has 1 fully saturated rings. The fourth-order valence-corrected chi connectivity index (χ4v) is 2.89. The van der Waals surface area contributed by atoms with Gasteiger partial charge in [0.25, 0.3) is 0 Å². The molecule has 0 atom stereocenters. The van der Waals surface area contributed by atoms with Crippen LogP contribution in [0.3, 0.4) is 0 Å². The highest BCUT2D eigenvalue weighted by molar-refractivity contribution is 6.39. The Morgan fingerprint density at radius 3 is 2.46 bits per heavy atom. The van der Waals surface area contributed by atoms with Crippen molar-refractivity contribution in [3.05, 3.63) is 29.8 Å². The lowest BCUT2D eigenvalue weighted by molar-refractivity contribution is -0.136. The lowest BCUT2D eigenvalue weighted by Gasteiger charge is -2.22. The van der Waals surface area contributed by atoms with Crippen molar-refractivity contribution in [2.24, 2.45) is 5.10 Å². The molecule has 7 heteroatoms.